The molecule has 9 heteroatoms. The van der Waals surface area contributed by atoms with Crippen LogP contribution in [0, 0.1) is 0 Å². The number of aromatic nitrogens is 2. The molecule has 2 N–H and O–H groups in total. The van der Waals surface area contributed by atoms with Crippen LogP contribution in [0.2, 0.25) is 0 Å². The molecule has 1 fully saturated rings. The van der Waals surface area contributed by atoms with Gasteiger partial charge < -0.3 is 14.6 Å². The number of imide groups is 1. The van der Waals surface area contributed by atoms with Gasteiger partial charge in [0.2, 0.25) is 0 Å². The number of rotatable bonds is 5. The van der Waals surface area contributed by atoms with Gasteiger partial charge in [0.25, 0.3) is 11.8 Å². The molecule has 0 aliphatic carbocycles. The number of benzene rings is 1. The van der Waals surface area contributed by atoms with Crippen LogP contribution in [0.25, 0.3) is 22.2 Å². The first-order valence-corrected chi connectivity index (χ1v) is 11.3. The molecule has 2 aliphatic heterocycles. The maximum absolute atomic E-state index is 13.3. The van der Waals surface area contributed by atoms with Crippen LogP contribution < -0.4 is 10.6 Å². The lowest BCUT2D eigenvalue weighted by atomic mass is 9.95. The molecule has 0 radical (unpaired) electrons. The second-order valence-corrected chi connectivity index (χ2v) is 8.74. The van der Waals surface area contributed by atoms with Gasteiger partial charge in [-0.05, 0) is 47.9 Å². The normalized spacial score (nSPS) is 19.2. The number of hydrogen-bond acceptors (Lipinski definition) is 6. The van der Waals surface area contributed by atoms with E-state index in [1.807, 2.05) is 37.3 Å². The molecule has 9 nitrogen and oxygen atoms in total. The summed E-state index contributed by atoms with van der Waals surface area (Å²) in [5.74, 6) is -0.519. The van der Waals surface area contributed by atoms with Crippen LogP contribution in [0.15, 0.2) is 65.5 Å². The number of nitrogens with one attached hydrogen (secondary N) is 2. The van der Waals surface area contributed by atoms with Gasteiger partial charge in [-0.25, -0.2) is 4.79 Å². The number of carbonyl (C=O) groups excluding carboxylic acids is 3. The molecule has 174 valence electrons. The fraction of sp³-hybridized carbons (Fsp3) is 0.192. The van der Waals surface area contributed by atoms with Gasteiger partial charge in [0.1, 0.15) is 11.3 Å². The quantitative estimate of drug-likeness (QED) is 0.436. The van der Waals surface area contributed by atoms with Gasteiger partial charge >= 0.3 is 6.03 Å². The molecular weight excluding hydrogens is 446 g/mol. The Balaban J connectivity index is 1.43. The molecule has 0 saturated carbocycles. The van der Waals surface area contributed by atoms with Crippen molar-refractivity contribution in [3.8, 4) is 11.3 Å². The van der Waals surface area contributed by atoms with Crippen LogP contribution in [0.3, 0.4) is 0 Å². The van der Waals surface area contributed by atoms with Gasteiger partial charge in [0.15, 0.2) is 5.54 Å². The zero-order valence-corrected chi connectivity index (χ0v) is 18.9. The van der Waals surface area contributed by atoms with Crippen molar-refractivity contribution in [1.29, 1.82) is 0 Å². The first kappa shape index (κ1) is 21.0. The van der Waals surface area contributed by atoms with Crippen molar-refractivity contribution in [3.05, 3.63) is 83.5 Å². The van der Waals surface area contributed by atoms with Crippen molar-refractivity contribution in [2.24, 2.45) is 0 Å². The van der Waals surface area contributed by atoms with E-state index in [1.54, 1.807) is 35.6 Å². The largest absolute Gasteiger partial charge is 0.458 e. The van der Waals surface area contributed by atoms with Crippen molar-refractivity contribution in [3.63, 3.8) is 0 Å². The van der Waals surface area contributed by atoms with Crippen LogP contribution in [0.5, 0.6) is 0 Å². The average Bonchev–Trinajstić information content (AvgIpc) is 3.53. The minimum absolute atomic E-state index is 0.0720. The molecule has 4 aromatic rings. The van der Waals surface area contributed by atoms with Crippen molar-refractivity contribution in [2.75, 3.05) is 6.54 Å². The van der Waals surface area contributed by atoms with Gasteiger partial charge in [-0.15, -0.1) is 0 Å². The number of nitrogens with zero attached hydrogens (tertiary/aromatic N) is 3. The molecular formula is C26H21N5O4. The Hall–Kier alpha value is -4.53. The molecule has 0 unspecified atom stereocenters. The van der Waals surface area contributed by atoms with E-state index >= 15 is 0 Å². The van der Waals surface area contributed by atoms with Crippen LogP contribution >= 0.6 is 0 Å². The van der Waals surface area contributed by atoms with Crippen molar-refractivity contribution < 1.29 is 18.8 Å². The third-order valence-corrected chi connectivity index (χ3v) is 6.65. The maximum Gasteiger partial charge on any atom is 0.322 e. The Morgan fingerprint density at radius 2 is 1.89 bits per heavy atom. The zero-order chi connectivity index (χ0) is 24.2. The fourth-order valence-electron chi connectivity index (χ4n) is 4.81. The third-order valence-electron chi connectivity index (χ3n) is 6.65. The summed E-state index contributed by atoms with van der Waals surface area (Å²) >= 11 is 0. The minimum Gasteiger partial charge on any atom is -0.458 e. The Labute approximate surface area is 200 Å². The summed E-state index contributed by atoms with van der Waals surface area (Å²) < 4.78 is 6.13. The Kier molecular flexibility index (Phi) is 4.67. The Bertz CT molecular complexity index is 1510. The summed E-state index contributed by atoms with van der Waals surface area (Å²) in [6, 6.07) is 12.3. The lowest BCUT2D eigenvalue weighted by molar-refractivity contribution is -0.125. The van der Waals surface area contributed by atoms with E-state index in [-0.39, 0.29) is 18.2 Å². The van der Waals surface area contributed by atoms with E-state index in [4.69, 9.17) is 4.42 Å². The number of aryl methyl sites for hydroxylation is 1. The van der Waals surface area contributed by atoms with Crippen LogP contribution in [0.1, 0.15) is 34.2 Å². The summed E-state index contributed by atoms with van der Waals surface area (Å²) in [6.07, 6.45) is 5.78. The molecule has 6 rings (SSSR count). The summed E-state index contributed by atoms with van der Waals surface area (Å²) in [5.41, 5.74) is 3.02. The minimum atomic E-state index is -1.57. The summed E-state index contributed by atoms with van der Waals surface area (Å²) in [5, 5.41) is 5.73. The Morgan fingerprint density at radius 3 is 2.63 bits per heavy atom. The van der Waals surface area contributed by atoms with Crippen molar-refractivity contribution in [1.82, 2.24) is 25.5 Å². The summed E-state index contributed by atoms with van der Waals surface area (Å²) in [4.78, 5) is 48.9. The van der Waals surface area contributed by atoms with E-state index in [1.165, 1.54) is 0 Å². The van der Waals surface area contributed by atoms with E-state index < -0.39 is 17.5 Å². The van der Waals surface area contributed by atoms with Crippen LogP contribution in [0.4, 0.5) is 4.79 Å². The van der Waals surface area contributed by atoms with E-state index in [9.17, 15) is 14.4 Å². The molecule has 2 aliphatic rings. The first-order chi connectivity index (χ1) is 17.0. The smallest absolute Gasteiger partial charge is 0.322 e. The molecule has 4 amide bonds. The SMILES string of the molecule is CCc1ccc2c(c1)C(=O)N(C[C@@]1(c3cc4c(-c5ccncc5)nccc4o3)NC(=O)NC1=O)C2. The highest BCUT2D eigenvalue weighted by molar-refractivity contribution is 6.08. The second kappa shape index (κ2) is 7.76. The molecule has 0 bridgehead atoms. The average molecular weight is 467 g/mol. The van der Waals surface area contributed by atoms with Crippen molar-refractivity contribution >= 4 is 28.8 Å². The number of hydrogen-bond donors (Lipinski definition) is 2. The molecule has 5 heterocycles. The van der Waals surface area contributed by atoms with Crippen molar-refractivity contribution in [2.45, 2.75) is 25.4 Å². The van der Waals surface area contributed by atoms with Gasteiger partial charge in [-0.2, -0.15) is 0 Å². The number of amides is 4. The molecule has 1 aromatic carbocycles. The van der Waals surface area contributed by atoms with Gasteiger partial charge in [-0.3, -0.25) is 24.9 Å². The molecule has 0 spiro atoms. The predicted octanol–water partition coefficient (Wildman–Crippen LogP) is 3.14. The third kappa shape index (κ3) is 3.27. The zero-order valence-electron chi connectivity index (χ0n) is 18.9. The predicted molar refractivity (Wildman–Crippen MR) is 126 cm³/mol. The highest BCUT2D eigenvalue weighted by Gasteiger charge is 2.53. The van der Waals surface area contributed by atoms with Crippen LogP contribution in [-0.2, 0) is 23.3 Å². The molecule has 1 atom stereocenters. The van der Waals surface area contributed by atoms with Gasteiger partial charge in [-0.1, -0.05) is 19.1 Å². The van der Waals surface area contributed by atoms with E-state index in [0.29, 0.717) is 28.8 Å². The van der Waals surface area contributed by atoms with E-state index in [0.717, 1.165) is 23.1 Å². The number of pyridine rings is 2. The second-order valence-electron chi connectivity index (χ2n) is 8.74. The van der Waals surface area contributed by atoms with E-state index in [2.05, 4.69) is 20.6 Å². The topological polar surface area (TPSA) is 117 Å². The monoisotopic (exact) mass is 467 g/mol. The summed E-state index contributed by atoms with van der Waals surface area (Å²) in [6.45, 7) is 2.30. The van der Waals surface area contributed by atoms with Crippen LogP contribution in [-0.4, -0.2) is 39.3 Å². The van der Waals surface area contributed by atoms with Gasteiger partial charge in [0.05, 0.1) is 12.2 Å². The molecule has 1 saturated heterocycles. The lowest BCUT2D eigenvalue weighted by Crippen LogP contribution is -2.52. The highest BCUT2D eigenvalue weighted by Crippen LogP contribution is 2.36. The first-order valence-electron chi connectivity index (χ1n) is 11.3. The number of fused-ring (bicyclic) bond motifs is 2. The molecule has 35 heavy (non-hydrogen) atoms. The standard InChI is InChI=1S/C26H21N5O4/c1-2-15-3-4-17-13-31(23(32)18(17)11-15)14-26(24(33)29-25(34)30-26)21-12-19-20(35-21)7-10-28-22(19)16-5-8-27-9-6-16/h3-12H,2,13-14H2,1H3,(H2,29,30,33,34)/t26-/m0/s1. The summed E-state index contributed by atoms with van der Waals surface area (Å²) in [7, 11) is 0. The highest BCUT2D eigenvalue weighted by atomic mass is 16.3. The number of carbonyl (C=O) groups is 3. The number of urea groups is 1. The fourth-order valence-corrected chi connectivity index (χ4v) is 4.81. The number of furan rings is 1. The Morgan fingerprint density at radius 1 is 1.06 bits per heavy atom. The van der Waals surface area contributed by atoms with Gasteiger partial charge in [0, 0.05) is 41.6 Å². The lowest BCUT2D eigenvalue weighted by Gasteiger charge is -2.29. The molecule has 3 aromatic heterocycles. The maximum atomic E-state index is 13.3.